The van der Waals surface area contributed by atoms with Crippen LogP contribution < -0.4 is 5.32 Å². The molecule has 2 aromatic rings. The van der Waals surface area contributed by atoms with Crippen LogP contribution in [0.25, 0.3) is 5.69 Å². The van der Waals surface area contributed by atoms with E-state index in [2.05, 4.69) is 10.3 Å². The Hall–Kier alpha value is -2.67. The van der Waals surface area contributed by atoms with Crippen molar-refractivity contribution in [1.29, 1.82) is 0 Å². The third-order valence-corrected chi connectivity index (χ3v) is 4.58. The summed E-state index contributed by atoms with van der Waals surface area (Å²) in [7, 11) is 0. The third kappa shape index (κ3) is 4.70. The summed E-state index contributed by atoms with van der Waals surface area (Å²) in [6.45, 7) is 7.89. The monoisotopic (exact) mass is 358 g/mol. The molecule has 7 heteroatoms. The fourth-order valence-corrected chi connectivity index (χ4v) is 2.98. The van der Waals surface area contributed by atoms with Crippen molar-refractivity contribution in [1.82, 2.24) is 19.8 Å². The van der Waals surface area contributed by atoms with Crippen LogP contribution in [0, 0.1) is 6.92 Å². The van der Waals surface area contributed by atoms with Crippen molar-refractivity contribution in [2.75, 3.05) is 13.1 Å². The van der Waals surface area contributed by atoms with Crippen molar-refractivity contribution >= 4 is 11.9 Å². The number of imidazole rings is 1. The molecule has 2 atom stereocenters. The molecular weight excluding hydrogens is 332 g/mol. The van der Waals surface area contributed by atoms with Gasteiger partial charge in [0.2, 0.25) is 5.91 Å². The predicted octanol–water partition coefficient (Wildman–Crippen LogP) is 2.15. The van der Waals surface area contributed by atoms with Crippen molar-refractivity contribution in [3.05, 3.63) is 48.0 Å². The molecule has 0 aliphatic rings. The number of nitrogens with zero attached hydrogens (tertiary/aromatic N) is 3. The van der Waals surface area contributed by atoms with Crippen LogP contribution in [0.15, 0.2) is 36.7 Å². The molecule has 2 unspecified atom stereocenters. The van der Waals surface area contributed by atoms with Gasteiger partial charge >= 0.3 is 5.97 Å². The van der Waals surface area contributed by atoms with Crippen molar-refractivity contribution in [3.63, 3.8) is 0 Å². The molecule has 0 saturated carbocycles. The standard InChI is InChI=1S/C19H26N4O3/c1-13(22(14(2)19(25)26)11-10-21-16(4)24)17-5-7-18(8-6-17)23-12-9-20-15(23)3/h5-9,12-14H,10-11H2,1-4H3,(H,21,24)(H,25,26). The topological polar surface area (TPSA) is 87.5 Å². The maximum Gasteiger partial charge on any atom is 0.320 e. The fourth-order valence-electron chi connectivity index (χ4n) is 2.98. The SMILES string of the molecule is CC(=O)NCCN(C(C)C(=O)O)C(C)c1ccc(-n2ccnc2C)cc1. The number of hydrogen-bond donors (Lipinski definition) is 2. The molecule has 1 heterocycles. The fraction of sp³-hybridized carbons (Fsp3) is 0.421. The lowest BCUT2D eigenvalue weighted by Crippen LogP contribution is -2.44. The van der Waals surface area contributed by atoms with Crippen molar-refractivity contribution in [2.45, 2.75) is 39.8 Å². The molecule has 1 aromatic carbocycles. The summed E-state index contributed by atoms with van der Waals surface area (Å²) in [5.41, 5.74) is 2.02. The first-order valence-electron chi connectivity index (χ1n) is 8.64. The van der Waals surface area contributed by atoms with E-state index in [1.54, 1.807) is 13.1 Å². The minimum atomic E-state index is -0.884. The first-order chi connectivity index (χ1) is 12.3. The number of aromatic nitrogens is 2. The van der Waals surface area contributed by atoms with Gasteiger partial charge in [-0.25, -0.2) is 4.98 Å². The number of nitrogens with one attached hydrogen (secondary N) is 1. The van der Waals surface area contributed by atoms with Crippen LogP contribution in [0.2, 0.25) is 0 Å². The zero-order valence-corrected chi connectivity index (χ0v) is 15.6. The quantitative estimate of drug-likeness (QED) is 0.755. The number of aliphatic carboxylic acids is 1. The van der Waals surface area contributed by atoms with Gasteiger partial charge in [-0.1, -0.05) is 12.1 Å². The summed E-state index contributed by atoms with van der Waals surface area (Å²) in [5.74, 6) is -0.104. The average molecular weight is 358 g/mol. The zero-order valence-electron chi connectivity index (χ0n) is 15.6. The smallest absolute Gasteiger partial charge is 0.320 e. The molecule has 0 fully saturated rings. The Labute approximate surface area is 153 Å². The Morgan fingerprint density at radius 2 is 1.92 bits per heavy atom. The van der Waals surface area contributed by atoms with Gasteiger partial charge in [0.15, 0.2) is 0 Å². The van der Waals surface area contributed by atoms with Crippen LogP contribution in [0.5, 0.6) is 0 Å². The maximum absolute atomic E-state index is 11.5. The molecule has 7 nitrogen and oxygen atoms in total. The molecule has 0 aliphatic carbocycles. The Morgan fingerprint density at radius 1 is 1.27 bits per heavy atom. The lowest BCUT2D eigenvalue weighted by atomic mass is 10.0. The molecular formula is C19H26N4O3. The van der Waals surface area contributed by atoms with Gasteiger partial charge in [-0.05, 0) is 38.5 Å². The second-order valence-corrected chi connectivity index (χ2v) is 6.35. The highest BCUT2D eigenvalue weighted by Crippen LogP contribution is 2.24. The first-order valence-corrected chi connectivity index (χ1v) is 8.64. The van der Waals surface area contributed by atoms with Gasteiger partial charge in [0, 0.05) is 44.1 Å². The molecule has 0 aliphatic heterocycles. The summed E-state index contributed by atoms with van der Waals surface area (Å²) in [6, 6.07) is 7.23. The van der Waals surface area contributed by atoms with Gasteiger partial charge in [-0.2, -0.15) is 0 Å². The highest BCUT2D eigenvalue weighted by molar-refractivity contribution is 5.73. The number of rotatable bonds is 8. The molecule has 0 radical (unpaired) electrons. The van der Waals surface area contributed by atoms with E-state index in [1.807, 2.05) is 53.8 Å². The second-order valence-electron chi connectivity index (χ2n) is 6.35. The highest BCUT2D eigenvalue weighted by atomic mass is 16.4. The van der Waals surface area contributed by atoms with Crippen LogP contribution in [0.4, 0.5) is 0 Å². The van der Waals surface area contributed by atoms with E-state index in [0.717, 1.165) is 17.1 Å². The largest absolute Gasteiger partial charge is 0.480 e. The van der Waals surface area contributed by atoms with E-state index in [-0.39, 0.29) is 11.9 Å². The van der Waals surface area contributed by atoms with Gasteiger partial charge in [0.1, 0.15) is 11.9 Å². The molecule has 2 rings (SSSR count). The Balaban J connectivity index is 2.18. The van der Waals surface area contributed by atoms with Gasteiger partial charge in [-0.3, -0.25) is 14.5 Å². The average Bonchev–Trinajstić information content (AvgIpc) is 3.03. The van der Waals surface area contributed by atoms with E-state index in [9.17, 15) is 14.7 Å². The zero-order chi connectivity index (χ0) is 19.3. The number of aryl methyl sites for hydroxylation is 1. The minimum Gasteiger partial charge on any atom is -0.480 e. The molecule has 1 amide bonds. The molecule has 26 heavy (non-hydrogen) atoms. The number of amides is 1. The predicted molar refractivity (Wildman–Crippen MR) is 99.2 cm³/mol. The number of carboxylic acid groups (broad SMARTS) is 1. The Kier molecular flexibility index (Phi) is 6.52. The van der Waals surface area contributed by atoms with E-state index in [0.29, 0.717) is 13.1 Å². The Bertz CT molecular complexity index is 754. The maximum atomic E-state index is 11.5. The van der Waals surface area contributed by atoms with Gasteiger partial charge in [0.05, 0.1) is 0 Å². The third-order valence-electron chi connectivity index (χ3n) is 4.58. The van der Waals surface area contributed by atoms with Crippen LogP contribution in [0.3, 0.4) is 0 Å². The lowest BCUT2D eigenvalue weighted by molar-refractivity contribution is -0.143. The highest BCUT2D eigenvalue weighted by Gasteiger charge is 2.26. The van der Waals surface area contributed by atoms with E-state index < -0.39 is 12.0 Å². The van der Waals surface area contributed by atoms with Crippen molar-refractivity contribution < 1.29 is 14.7 Å². The summed E-state index contributed by atoms with van der Waals surface area (Å²) in [5, 5.41) is 12.1. The van der Waals surface area contributed by atoms with Crippen molar-refractivity contribution in [3.8, 4) is 5.69 Å². The van der Waals surface area contributed by atoms with E-state index >= 15 is 0 Å². The summed E-state index contributed by atoms with van der Waals surface area (Å²) >= 11 is 0. The second kappa shape index (κ2) is 8.62. The van der Waals surface area contributed by atoms with Gasteiger partial charge in [0.25, 0.3) is 0 Å². The normalized spacial score (nSPS) is 13.4. The number of carboxylic acids is 1. The van der Waals surface area contributed by atoms with Crippen LogP contribution in [0.1, 0.15) is 38.2 Å². The summed E-state index contributed by atoms with van der Waals surface area (Å²) in [6.07, 6.45) is 3.66. The minimum absolute atomic E-state index is 0.104. The molecule has 0 bridgehead atoms. The van der Waals surface area contributed by atoms with Gasteiger partial charge < -0.3 is 15.0 Å². The summed E-state index contributed by atoms with van der Waals surface area (Å²) in [4.78, 5) is 28.7. The molecule has 1 aromatic heterocycles. The summed E-state index contributed by atoms with van der Waals surface area (Å²) < 4.78 is 1.99. The number of hydrogen-bond acceptors (Lipinski definition) is 4. The number of carbonyl (C=O) groups is 2. The number of carbonyl (C=O) groups excluding carboxylic acids is 1. The van der Waals surface area contributed by atoms with Crippen LogP contribution in [-0.4, -0.2) is 50.6 Å². The number of benzene rings is 1. The molecule has 0 spiro atoms. The lowest BCUT2D eigenvalue weighted by Gasteiger charge is -2.32. The molecule has 0 saturated heterocycles. The van der Waals surface area contributed by atoms with Gasteiger partial charge in [-0.15, -0.1) is 0 Å². The van der Waals surface area contributed by atoms with Crippen LogP contribution >= 0.6 is 0 Å². The van der Waals surface area contributed by atoms with Crippen molar-refractivity contribution in [2.24, 2.45) is 0 Å². The first kappa shape index (κ1) is 19.7. The van der Waals surface area contributed by atoms with E-state index in [4.69, 9.17) is 0 Å². The molecule has 140 valence electrons. The van der Waals surface area contributed by atoms with Crippen LogP contribution in [-0.2, 0) is 9.59 Å². The molecule has 2 N–H and O–H groups in total. The van der Waals surface area contributed by atoms with E-state index in [1.165, 1.54) is 6.92 Å². The Morgan fingerprint density at radius 3 is 2.42 bits per heavy atom.